The fourth-order valence-electron chi connectivity index (χ4n) is 3.83. The molecule has 0 bridgehead atoms. The van der Waals surface area contributed by atoms with E-state index in [-0.39, 0.29) is 11.9 Å². The molecule has 110 valence electrons. The number of hydrogen-bond acceptors (Lipinski definition) is 3. The second-order valence-corrected chi connectivity index (χ2v) is 6.33. The van der Waals surface area contributed by atoms with Crippen molar-refractivity contribution in [3.05, 3.63) is 0 Å². The maximum absolute atomic E-state index is 12.3. The van der Waals surface area contributed by atoms with Crippen molar-refractivity contribution in [2.75, 3.05) is 27.2 Å². The van der Waals surface area contributed by atoms with E-state index in [1.165, 1.54) is 32.1 Å². The second kappa shape index (κ2) is 6.71. The van der Waals surface area contributed by atoms with Crippen LogP contribution in [0.25, 0.3) is 0 Å². The Morgan fingerprint density at radius 2 is 1.89 bits per heavy atom. The highest BCUT2D eigenvalue weighted by Gasteiger charge is 2.38. The minimum absolute atomic E-state index is 0.104. The third kappa shape index (κ3) is 3.29. The van der Waals surface area contributed by atoms with Gasteiger partial charge in [0, 0.05) is 20.1 Å². The average Bonchev–Trinajstić information content (AvgIpc) is 2.75. The van der Waals surface area contributed by atoms with Gasteiger partial charge in [0.2, 0.25) is 5.91 Å². The molecule has 2 N–H and O–H groups in total. The summed E-state index contributed by atoms with van der Waals surface area (Å²) in [6.45, 7) is 1.84. The summed E-state index contributed by atoms with van der Waals surface area (Å²) in [7, 11) is 3.73. The quantitative estimate of drug-likeness (QED) is 0.787. The van der Waals surface area contributed by atoms with Crippen molar-refractivity contribution in [1.82, 2.24) is 9.80 Å². The second-order valence-electron chi connectivity index (χ2n) is 6.33. The molecule has 3 unspecified atom stereocenters. The van der Waals surface area contributed by atoms with Crippen molar-refractivity contribution in [2.45, 2.75) is 57.0 Å². The van der Waals surface area contributed by atoms with E-state index in [1.54, 1.807) is 4.90 Å². The Balaban J connectivity index is 2.10. The summed E-state index contributed by atoms with van der Waals surface area (Å²) in [6.07, 6.45) is 8.55. The lowest BCUT2D eigenvalue weighted by Crippen LogP contribution is -2.50. The average molecular weight is 267 g/mol. The summed E-state index contributed by atoms with van der Waals surface area (Å²) in [5.41, 5.74) is 5.99. The van der Waals surface area contributed by atoms with Gasteiger partial charge in [0.15, 0.2) is 0 Å². The Morgan fingerprint density at radius 1 is 1.16 bits per heavy atom. The van der Waals surface area contributed by atoms with Gasteiger partial charge in [-0.25, -0.2) is 0 Å². The highest BCUT2D eigenvalue weighted by Crippen LogP contribution is 2.32. The molecule has 4 heteroatoms. The summed E-state index contributed by atoms with van der Waals surface area (Å²) in [4.78, 5) is 16.6. The molecule has 2 rings (SSSR count). The van der Waals surface area contributed by atoms with Gasteiger partial charge < -0.3 is 10.6 Å². The van der Waals surface area contributed by atoms with E-state index in [1.807, 2.05) is 14.1 Å². The van der Waals surface area contributed by atoms with Crippen LogP contribution in [-0.2, 0) is 4.79 Å². The van der Waals surface area contributed by atoms with Crippen LogP contribution in [-0.4, -0.2) is 55.0 Å². The number of carbonyl (C=O) groups excluding carboxylic acids is 1. The van der Waals surface area contributed by atoms with Crippen LogP contribution in [0, 0.1) is 5.92 Å². The van der Waals surface area contributed by atoms with Gasteiger partial charge in [-0.05, 0) is 44.7 Å². The Bertz CT molecular complexity index is 306. The minimum Gasteiger partial charge on any atom is -0.347 e. The molecule has 1 amide bonds. The number of likely N-dealkylation sites (N-methyl/N-ethyl adjacent to an activating group) is 1. The molecule has 0 radical (unpaired) electrons. The van der Waals surface area contributed by atoms with E-state index in [9.17, 15) is 4.79 Å². The number of nitrogens with zero attached hydrogens (tertiary/aromatic N) is 2. The lowest BCUT2D eigenvalue weighted by Gasteiger charge is -2.37. The predicted molar refractivity (Wildman–Crippen MR) is 77.8 cm³/mol. The zero-order chi connectivity index (χ0) is 13.8. The molecule has 0 aromatic rings. The molecule has 2 fully saturated rings. The number of carbonyl (C=O) groups is 1. The summed E-state index contributed by atoms with van der Waals surface area (Å²) in [5.74, 6) is 0.857. The van der Waals surface area contributed by atoms with Gasteiger partial charge in [-0.1, -0.05) is 19.3 Å². The van der Waals surface area contributed by atoms with Gasteiger partial charge in [0.05, 0.1) is 6.04 Å². The fraction of sp³-hybridized carbons (Fsp3) is 0.933. The normalized spacial score (nSPS) is 33.1. The fourth-order valence-corrected chi connectivity index (χ4v) is 3.83. The Labute approximate surface area is 117 Å². The summed E-state index contributed by atoms with van der Waals surface area (Å²) in [5, 5.41) is 0. The minimum atomic E-state index is 0.104. The van der Waals surface area contributed by atoms with Gasteiger partial charge in [0.25, 0.3) is 0 Å². The van der Waals surface area contributed by atoms with Crippen LogP contribution < -0.4 is 5.73 Å². The molecule has 4 nitrogen and oxygen atoms in total. The van der Waals surface area contributed by atoms with Crippen LogP contribution in [0.1, 0.15) is 44.9 Å². The zero-order valence-corrected chi connectivity index (χ0v) is 12.5. The highest BCUT2D eigenvalue weighted by molar-refractivity contribution is 5.81. The van der Waals surface area contributed by atoms with E-state index in [4.69, 9.17) is 5.73 Å². The topological polar surface area (TPSA) is 49.6 Å². The molecule has 19 heavy (non-hydrogen) atoms. The molecular weight excluding hydrogens is 238 g/mol. The molecule has 2 aliphatic rings. The van der Waals surface area contributed by atoms with Gasteiger partial charge >= 0.3 is 0 Å². The first-order valence-electron chi connectivity index (χ1n) is 7.82. The molecule has 1 saturated carbocycles. The van der Waals surface area contributed by atoms with E-state index in [0.29, 0.717) is 12.0 Å². The predicted octanol–water partition coefficient (Wildman–Crippen LogP) is 1.45. The van der Waals surface area contributed by atoms with Crippen LogP contribution in [0.4, 0.5) is 0 Å². The molecule has 3 atom stereocenters. The van der Waals surface area contributed by atoms with Crippen molar-refractivity contribution in [2.24, 2.45) is 11.7 Å². The third-order valence-corrected chi connectivity index (χ3v) is 4.87. The summed E-state index contributed by atoms with van der Waals surface area (Å²) < 4.78 is 0. The largest absolute Gasteiger partial charge is 0.347 e. The molecule has 1 aliphatic carbocycles. The first kappa shape index (κ1) is 14.8. The van der Waals surface area contributed by atoms with E-state index >= 15 is 0 Å². The number of likely N-dealkylation sites (tertiary alicyclic amines) is 1. The van der Waals surface area contributed by atoms with Crippen molar-refractivity contribution < 1.29 is 4.79 Å². The van der Waals surface area contributed by atoms with Crippen molar-refractivity contribution in [1.29, 1.82) is 0 Å². The maximum atomic E-state index is 12.3. The monoisotopic (exact) mass is 267 g/mol. The van der Waals surface area contributed by atoms with Crippen LogP contribution in [0.3, 0.4) is 0 Å². The maximum Gasteiger partial charge on any atom is 0.239 e. The lowest BCUT2D eigenvalue weighted by molar-refractivity contribution is -0.134. The Kier molecular flexibility index (Phi) is 5.22. The molecule has 0 aromatic heterocycles. The van der Waals surface area contributed by atoms with E-state index in [0.717, 1.165) is 25.9 Å². The highest BCUT2D eigenvalue weighted by atomic mass is 16.2. The molecule has 0 spiro atoms. The smallest absolute Gasteiger partial charge is 0.239 e. The number of hydrogen-bond donors (Lipinski definition) is 1. The first-order valence-corrected chi connectivity index (χ1v) is 7.82. The van der Waals surface area contributed by atoms with Gasteiger partial charge in [-0.3, -0.25) is 9.69 Å². The number of amides is 1. The number of nitrogens with two attached hydrogens (primary N) is 1. The molecule has 1 aliphatic heterocycles. The first-order chi connectivity index (χ1) is 9.15. The standard InChI is InChI=1S/C15H29N3O/c1-17(2)15(19)14-9-6-10-18(14)13-8-5-3-4-7-12(13)11-16/h12-14H,3-11,16H2,1-2H3. The lowest BCUT2D eigenvalue weighted by atomic mass is 9.92. The molecule has 0 aromatic carbocycles. The van der Waals surface area contributed by atoms with Gasteiger partial charge in [-0.2, -0.15) is 0 Å². The Hall–Kier alpha value is -0.610. The van der Waals surface area contributed by atoms with Gasteiger partial charge in [-0.15, -0.1) is 0 Å². The van der Waals surface area contributed by atoms with Gasteiger partial charge in [0.1, 0.15) is 0 Å². The zero-order valence-electron chi connectivity index (χ0n) is 12.5. The molecule has 1 saturated heterocycles. The van der Waals surface area contributed by atoms with Crippen LogP contribution in [0.15, 0.2) is 0 Å². The van der Waals surface area contributed by atoms with Crippen LogP contribution in [0.5, 0.6) is 0 Å². The summed E-state index contributed by atoms with van der Waals surface area (Å²) >= 11 is 0. The van der Waals surface area contributed by atoms with Crippen LogP contribution >= 0.6 is 0 Å². The van der Waals surface area contributed by atoms with E-state index < -0.39 is 0 Å². The Morgan fingerprint density at radius 3 is 2.58 bits per heavy atom. The number of rotatable bonds is 3. The van der Waals surface area contributed by atoms with Crippen molar-refractivity contribution >= 4 is 5.91 Å². The molecule has 1 heterocycles. The van der Waals surface area contributed by atoms with Crippen molar-refractivity contribution in [3.8, 4) is 0 Å². The summed E-state index contributed by atoms with van der Waals surface area (Å²) in [6, 6.07) is 0.635. The van der Waals surface area contributed by atoms with E-state index in [2.05, 4.69) is 4.90 Å². The van der Waals surface area contributed by atoms with Crippen LogP contribution in [0.2, 0.25) is 0 Å². The molecular formula is C15H29N3O. The third-order valence-electron chi connectivity index (χ3n) is 4.87. The van der Waals surface area contributed by atoms with Crippen molar-refractivity contribution in [3.63, 3.8) is 0 Å². The SMILES string of the molecule is CN(C)C(=O)C1CCCN1C1CCCCCC1CN.